The third kappa shape index (κ3) is 8.22. The summed E-state index contributed by atoms with van der Waals surface area (Å²) in [5.74, 6) is -1.25. The quantitative estimate of drug-likeness (QED) is 0.326. The van der Waals surface area contributed by atoms with Crippen LogP contribution in [-0.2, 0) is 13.0 Å². The number of aryl methyl sites for hydroxylation is 2. The van der Waals surface area contributed by atoms with Crippen LogP contribution in [0.4, 0.5) is 8.78 Å². The molecule has 1 unspecified atom stereocenters. The Morgan fingerprint density at radius 1 is 0.944 bits per heavy atom. The third-order valence-corrected chi connectivity index (χ3v) is 5.51. The van der Waals surface area contributed by atoms with E-state index in [4.69, 9.17) is 0 Å². The highest BCUT2D eigenvalue weighted by Crippen LogP contribution is 2.15. The zero-order valence-corrected chi connectivity index (χ0v) is 20.5. The Labute approximate surface area is 210 Å². The molecule has 0 spiro atoms. The van der Waals surface area contributed by atoms with E-state index in [1.807, 2.05) is 30.3 Å². The van der Waals surface area contributed by atoms with Crippen LogP contribution in [0.2, 0.25) is 0 Å². The number of carbonyl (C=O) groups excluding carboxylic acids is 1. The number of benzene rings is 3. The zero-order valence-electron chi connectivity index (χ0n) is 20.5. The van der Waals surface area contributed by atoms with E-state index in [0.717, 1.165) is 23.4 Å². The van der Waals surface area contributed by atoms with Crippen molar-refractivity contribution in [2.75, 3.05) is 13.1 Å². The molecule has 3 aromatic carbocycles. The van der Waals surface area contributed by atoms with Crippen molar-refractivity contribution >= 4 is 16.8 Å². The van der Waals surface area contributed by atoms with Gasteiger partial charge in [0.15, 0.2) is 0 Å². The summed E-state index contributed by atoms with van der Waals surface area (Å²) < 4.78 is 24.4. The first kappa shape index (κ1) is 26.9. The molecule has 4 aromatic rings. The van der Waals surface area contributed by atoms with Gasteiger partial charge in [0, 0.05) is 37.3 Å². The highest BCUT2D eigenvalue weighted by molar-refractivity contribution is 6.05. The molecule has 1 amide bonds. The Bertz CT molecular complexity index is 1240. The molecule has 1 heterocycles. The molecule has 4 rings (SSSR count). The number of hydrogen-bond donors (Lipinski definition) is 3. The lowest BCUT2D eigenvalue weighted by atomic mass is 10.1. The molecule has 0 saturated carbocycles. The topological polar surface area (TPSA) is 74.2 Å². The summed E-state index contributed by atoms with van der Waals surface area (Å²) in [6.07, 6.45) is 1.97. The number of amides is 1. The van der Waals surface area contributed by atoms with Crippen LogP contribution in [0.25, 0.3) is 10.9 Å². The van der Waals surface area contributed by atoms with Crippen molar-refractivity contribution in [3.05, 3.63) is 113 Å². The fraction of sp³-hybridized carbons (Fsp3) is 0.241. The molecular weight excluding hydrogens is 460 g/mol. The third-order valence-electron chi connectivity index (χ3n) is 5.51. The maximum atomic E-state index is 12.5. The molecule has 0 aliphatic heterocycles. The monoisotopic (exact) mass is 491 g/mol. The van der Waals surface area contributed by atoms with Crippen LogP contribution >= 0.6 is 0 Å². The molecule has 0 saturated heterocycles. The summed E-state index contributed by atoms with van der Waals surface area (Å²) in [5.41, 5.74) is 4.44. The largest absolute Gasteiger partial charge is 0.390 e. The molecule has 0 bridgehead atoms. The molecule has 1 aromatic heterocycles. The van der Waals surface area contributed by atoms with E-state index in [1.165, 1.54) is 23.3 Å². The lowest BCUT2D eigenvalue weighted by Crippen LogP contribution is -2.38. The van der Waals surface area contributed by atoms with E-state index >= 15 is 0 Å². The van der Waals surface area contributed by atoms with E-state index in [-0.39, 0.29) is 12.5 Å². The summed E-state index contributed by atoms with van der Waals surface area (Å²) in [4.78, 5) is 16.7. The number of nitrogens with one attached hydrogen (secondary N) is 2. The Morgan fingerprint density at radius 3 is 2.39 bits per heavy atom. The number of aliphatic hydroxyl groups excluding tert-OH is 1. The second kappa shape index (κ2) is 13.4. The van der Waals surface area contributed by atoms with Crippen molar-refractivity contribution in [3.63, 3.8) is 0 Å². The molecule has 36 heavy (non-hydrogen) atoms. The van der Waals surface area contributed by atoms with Gasteiger partial charge in [-0.2, -0.15) is 0 Å². The first-order valence-electron chi connectivity index (χ1n) is 11.9. The van der Waals surface area contributed by atoms with Crippen molar-refractivity contribution in [3.8, 4) is 0 Å². The summed E-state index contributed by atoms with van der Waals surface area (Å²) >= 11 is 0. The van der Waals surface area contributed by atoms with E-state index in [2.05, 4.69) is 40.7 Å². The van der Waals surface area contributed by atoms with Crippen LogP contribution in [0.15, 0.2) is 79.0 Å². The van der Waals surface area contributed by atoms with Gasteiger partial charge < -0.3 is 15.7 Å². The molecule has 3 N–H and O–H groups in total. The molecule has 188 valence electrons. The van der Waals surface area contributed by atoms with E-state index in [9.17, 15) is 18.7 Å². The number of hydrogen-bond acceptors (Lipinski definition) is 4. The average Bonchev–Trinajstić information content (AvgIpc) is 2.86. The molecule has 1 atom stereocenters. The van der Waals surface area contributed by atoms with Crippen LogP contribution in [0.5, 0.6) is 0 Å². The number of rotatable bonds is 8. The Hall–Kier alpha value is -3.68. The normalized spacial score (nSPS) is 11.5. The summed E-state index contributed by atoms with van der Waals surface area (Å²) in [5, 5.41) is 17.0. The minimum absolute atomic E-state index is 0.192. The number of carbonyl (C=O) groups is 1. The lowest BCUT2D eigenvalue weighted by molar-refractivity contribution is 0.0917. The Morgan fingerprint density at radius 2 is 1.67 bits per heavy atom. The van der Waals surface area contributed by atoms with Crippen molar-refractivity contribution in [1.82, 2.24) is 15.6 Å². The SMILES string of the molecule is CCc1cccc(CNCC(O)CNC(=O)c2ccnc3ccccc23)c1.Cc1cc(F)cc(F)c1. The van der Waals surface area contributed by atoms with Gasteiger partial charge in [0.2, 0.25) is 0 Å². The molecule has 0 radical (unpaired) electrons. The smallest absolute Gasteiger partial charge is 0.252 e. The number of aliphatic hydroxyl groups is 1. The summed E-state index contributed by atoms with van der Waals surface area (Å²) in [6, 6.07) is 21.0. The van der Waals surface area contributed by atoms with Gasteiger partial charge in [-0.05, 0) is 54.3 Å². The minimum Gasteiger partial charge on any atom is -0.390 e. The van der Waals surface area contributed by atoms with E-state index in [0.29, 0.717) is 24.2 Å². The summed E-state index contributed by atoms with van der Waals surface area (Å²) in [6.45, 7) is 5.07. The van der Waals surface area contributed by atoms with Crippen molar-refractivity contribution in [2.24, 2.45) is 0 Å². The molecule has 0 aliphatic carbocycles. The highest BCUT2D eigenvalue weighted by Gasteiger charge is 2.12. The first-order chi connectivity index (χ1) is 17.4. The number of halogens is 2. The fourth-order valence-corrected chi connectivity index (χ4v) is 3.71. The molecular formula is C29H31F2N3O2. The van der Waals surface area contributed by atoms with Gasteiger partial charge in [-0.3, -0.25) is 9.78 Å². The maximum absolute atomic E-state index is 12.5. The maximum Gasteiger partial charge on any atom is 0.252 e. The number of nitrogens with zero attached hydrogens (tertiary/aromatic N) is 1. The van der Waals surface area contributed by atoms with Crippen molar-refractivity contribution in [1.29, 1.82) is 0 Å². The predicted octanol–water partition coefficient (Wildman–Crippen LogP) is 4.95. The van der Waals surface area contributed by atoms with E-state index < -0.39 is 17.7 Å². The highest BCUT2D eigenvalue weighted by atomic mass is 19.1. The van der Waals surface area contributed by atoms with Gasteiger partial charge in [0.25, 0.3) is 5.91 Å². The summed E-state index contributed by atoms with van der Waals surface area (Å²) in [7, 11) is 0. The number of fused-ring (bicyclic) bond motifs is 1. The second-order valence-corrected chi connectivity index (χ2v) is 8.49. The van der Waals surface area contributed by atoms with Crippen molar-refractivity contribution < 1.29 is 18.7 Å². The van der Waals surface area contributed by atoms with Crippen LogP contribution in [0.1, 0.15) is 34.0 Å². The fourth-order valence-electron chi connectivity index (χ4n) is 3.71. The Balaban J connectivity index is 0.000000338. The first-order valence-corrected chi connectivity index (χ1v) is 11.9. The van der Waals surface area contributed by atoms with Crippen LogP contribution < -0.4 is 10.6 Å². The van der Waals surface area contributed by atoms with Crippen molar-refractivity contribution in [2.45, 2.75) is 32.9 Å². The van der Waals surface area contributed by atoms with Crippen LogP contribution in [-0.4, -0.2) is 35.2 Å². The minimum atomic E-state index is -0.656. The van der Waals surface area contributed by atoms with Gasteiger partial charge in [-0.15, -0.1) is 0 Å². The predicted molar refractivity (Wildman–Crippen MR) is 139 cm³/mol. The lowest BCUT2D eigenvalue weighted by Gasteiger charge is -2.14. The van der Waals surface area contributed by atoms with Gasteiger partial charge in [0.05, 0.1) is 17.2 Å². The number of para-hydroxylation sites is 1. The van der Waals surface area contributed by atoms with Gasteiger partial charge >= 0.3 is 0 Å². The van der Waals surface area contributed by atoms with Crippen LogP contribution in [0, 0.1) is 18.6 Å². The molecule has 0 aliphatic rings. The molecule has 0 fully saturated rings. The number of aromatic nitrogens is 1. The Kier molecular flexibility index (Phi) is 10.0. The second-order valence-electron chi connectivity index (χ2n) is 8.49. The molecule has 7 heteroatoms. The zero-order chi connectivity index (χ0) is 25.9. The van der Waals surface area contributed by atoms with E-state index in [1.54, 1.807) is 19.2 Å². The van der Waals surface area contributed by atoms with Gasteiger partial charge in [0.1, 0.15) is 11.6 Å². The number of pyridine rings is 1. The van der Waals surface area contributed by atoms with Gasteiger partial charge in [-0.25, -0.2) is 8.78 Å². The standard InChI is InChI=1S/C22H25N3O2.C7H6F2/c1-2-16-6-5-7-17(12-16)13-23-14-18(26)15-25-22(27)20-10-11-24-21-9-4-3-8-19(20)21;1-5-2-6(8)4-7(9)3-5/h3-12,18,23,26H,2,13-15H2,1H3,(H,25,27);2-4H,1H3. The van der Waals surface area contributed by atoms with Gasteiger partial charge in [-0.1, -0.05) is 49.4 Å². The van der Waals surface area contributed by atoms with Crippen LogP contribution in [0.3, 0.4) is 0 Å². The molecule has 5 nitrogen and oxygen atoms in total. The average molecular weight is 492 g/mol.